The van der Waals surface area contributed by atoms with Crippen molar-refractivity contribution in [1.29, 1.82) is 0 Å². The molecule has 0 aromatic heterocycles. The molecule has 6 heteroatoms. The molecule has 0 saturated heterocycles. The van der Waals surface area contributed by atoms with Crippen molar-refractivity contribution < 1.29 is 14.7 Å². The summed E-state index contributed by atoms with van der Waals surface area (Å²) in [5.41, 5.74) is 0. The first-order chi connectivity index (χ1) is 7.22. The van der Waals surface area contributed by atoms with Gasteiger partial charge in [-0.25, -0.2) is 0 Å². The van der Waals surface area contributed by atoms with Crippen molar-refractivity contribution in [3.05, 3.63) is 30.3 Å². The minimum atomic E-state index is -0.940. The molecular weight excluding hydrogens is 233 g/mol. The molecule has 0 bridgehead atoms. The highest BCUT2D eigenvalue weighted by molar-refractivity contribution is 7.96. The number of aliphatic carboxylic acids is 1. The fraction of sp³-hybridized carbons (Fsp3) is 0.222. The van der Waals surface area contributed by atoms with Gasteiger partial charge in [-0.1, -0.05) is 30.0 Å². The van der Waals surface area contributed by atoms with E-state index in [9.17, 15) is 4.79 Å². The van der Waals surface area contributed by atoms with E-state index >= 15 is 0 Å². The van der Waals surface area contributed by atoms with Gasteiger partial charge in [0.05, 0.1) is 6.29 Å². The molecule has 0 amide bonds. The zero-order valence-corrected chi connectivity index (χ0v) is 9.58. The van der Waals surface area contributed by atoms with Crippen molar-refractivity contribution in [2.75, 3.05) is 12.8 Å². The summed E-state index contributed by atoms with van der Waals surface area (Å²) < 4.78 is 0. The van der Waals surface area contributed by atoms with Crippen LogP contribution in [0.15, 0.2) is 30.3 Å². The Morgan fingerprint density at radius 1 is 1.47 bits per heavy atom. The molecule has 0 atom stereocenters. The number of hydrogen-bond acceptors (Lipinski definition) is 4. The third-order valence-electron chi connectivity index (χ3n) is 1.50. The Balaban J connectivity index is 2.58. The predicted molar refractivity (Wildman–Crippen MR) is 60.6 cm³/mol. The van der Waals surface area contributed by atoms with E-state index in [2.05, 4.69) is 0 Å². The number of carbonyl (C=O) groups is 1. The molecule has 0 spiro atoms. The SMILES string of the molecule is O=C(O)CN(CP=S)Oc1ccccc1. The fourth-order valence-corrected chi connectivity index (χ4v) is 1.63. The lowest BCUT2D eigenvalue weighted by Crippen LogP contribution is -2.31. The zero-order chi connectivity index (χ0) is 11.1. The average molecular weight is 243 g/mol. The molecule has 1 aromatic carbocycles. The maximum Gasteiger partial charge on any atom is 0.321 e. The van der Waals surface area contributed by atoms with E-state index in [4.69, 9.17) is 21.8 Å². The summed E-state index contributed by atoms with van der Waals surface area (Å²) in [6.07, 6.45) is 0.385. The Bertz CT molecular complexity index is 333. The van der Waals surface area contributed by atoms with Gasteiger partial charge < -0.3 is 9.94 Å². The normalized spacial score (nSPS) is 10.5. The molecule has 80 valence electrons. The van der Waals surface area contributed by atoms with Gasteiger partial charge in [-0.15, -0.1) is 5.06 Å². The van der Waals surface area contributed by atoms with Gasteiger partial charge in [-0.3, -0.25) is 4.79 Å². The van der Waals surface area contributed by atoms with Gasteiger partial charge >= 0.3 is 5.97 Å². The van der Waals surface area contributed by atoms with Crippen molar-refractivity contribution in [2.45, 2.75) is 0 Å². The molecule has 0 aliphatic carbocycles. The Morgan fingerprint density at radius 3 is 2.67 bits per heavy atom. The van der Waals surface area contributed by atoms with Crippen molar-refractivity contribution in [1.82, 2.24) is 5.06 Å². The standard InChI is InChI=1S/C9H10NO3PS/c11-9(12)6-10(7-14-15)13-8-4-2-1-3-5-8/h1-5H,6-7H2,(H,11,12). The van der Waals surface area contributed by atoms with Crippen LogP contribution in [0.5, 0.6) is 5.75 Å². The number of benzene rings is 1. The van der Waals surface area contributed by atoms with Crippen LogP contribution in [0.25, 0.3) is 0 Å². The van der Waals surface area contributed by atoms with Crippen LogP contribution >= 0.6 is 7.36 Å². The molecule has 0 radical (unpaired) electrons. The van der Waals surface area contributed by atoms with E-state index in [0.717, 1.165) is 0 Å². The average Bonchev–Trinajstić information content (AvgIpc) is 2.18. The number of hydroxylamine groups is 2. The molecule has 4 nitrogen and oxygen atoms in total. The number of carboxylic acids is 1. The molecule has 0 heterocycles. The van der Waals surface area contributed by atoms with Crippen molar-refractivity contribution >= 4 is 25.1 Å². The lowest BCUT2D eigenvalue weighted by molar-refractivity contribution is -0.146. The first-order valence-electron chi connectivity index (χ1n) is 4.21. The number of rotatable bonds is 6. The molecule has 1 aromatic rings. The van der Waals surface area contributed by atoms with E-state index in [0.29, 0.717) is 19.4 Å². The van der Waals surface area contributed by atoms with E-state index in [1.165, 1.54) is 5.06 Å². The second kappa shape index (κ2) is 6.45. The van der Waals surface area contributed by atoms with Gasteiger partial charge in [0.25, 0.3) is 0 Å². The van der Waals surface area contributed by atoms with E-state index < -0.39 is 5.97 Å². The molecule has 0 unspecified atom stereocenters. The zero-order valence-electron chi connectivity index (χ0n) is 7.87. The molecule has 1 N–H and O–H groups in total. The monoisotopic (exact) mass is 243 g/mol. The summed E-state index contributed by atoms with van der Waals surface area (Å²) in [6, 6.07) is 9.02. The van der Waals surface area contributed by atoms with Crippen LogP contribution < -0.4 is 4.84 Å². The summed E-state index contributed by atoms with van der Waals surface area (Å²) in [7, 11) is 0.651. The van der Waals surface area contributed by atoms with Crippen LogP contribution in [0.2, 0.25) is 0 Å². The van der Waals surface area contributed by atoms with Crippen LogP contribution in [-0.4, -0.2) is 29.0 Å². The second-order valence-corrected chi connectivity index (χ2v) is 4.02. The first-order valence-corrected chi connectivity index (χ1v) is 6.30. The van der Waals surface area contributed by atoms with Crippen LogP contribution in [0.4, 0.5) is 0 Å². The topological polar surface area (TPSA) is 49.8 Å². The van der Waals surface area contributed by atoms with Crippen LogP contribution in [0, 0.1) is 0 Å². The third-order valence-corrected chi connectivity index (χ3v) is 2.28. The molecule has 0 fully saturated rings. The van der Waals surface area contributed by atoms with E-state index in [-0.39, 0.29) is 6.54 Å². The van der Waals surface area contributed by atoms with E-state index in [1.807, 2.05) is 18.2 Å². The van der Waals surface area contributed by atoms with Gasteiger partial charge in [-0.2, -0.15) is 0 Å². The molecular formula is C9H10NO3PS. The lowest BCUT2D eigenvalue weighted by atomic mass is 10.3. The smallest absolute Gasteiger partial charge is 0.321 e. The highest BCUT2D eigenvalue weighted by Crippen LogP contribution is 2.11. The number of hydrogen-bond donors (Lipinski definition) is 1. The third kappa shape index (κ3) is 4.83. The number of para-hydroxylation sites is 1. The number of carboxylic acid groups (broad SMARTS) is 1. The Morgan fingerprint density at radius 2 is 2.13 bits per heavy atom. The van der Waals surface area contributed by atoms with Gasteiger partial charge in [0.1, 0.15) is 12.3 Å². The van der Waals surface area contributed by atoms with Gasteiger partial charge in [0.2, 0.25) is 0 Å². The van der Waals surface area contributed by atoms with Gasteiger partial charge in [-0.05, 0) is 19.5 Å². The quantitative estimate of drug-likeness (QED) is 0.609. The predicted octanol–water partition coefficient (Wildman–Crippen LogP) is 1.73. The van der Waals surface area contributed by atoms with Gasteiger partial charge in [0, 0.05) is 0 Å². The van der Waals surface area contributed by atoms with Crippen molar-refractivity contribution in [3.8, 4) is 5.75 Å². The second-order valence-electron chi connectivity index (χ2n) is 2.71. The summed E-state index contributed by atoms with van der Waals surface area (Å²) in [4.78, 5) is 15.9. The Kier molecular flexibility index (Phi) is 5.18. The Labute approximate surface area is 94.3 Å². The molecule has 0 aliphatic rings. The van der Waals surface area contributed by atoms with Crippen LogP contribution in [0.3, 0.4) is 0 Å². The summed E-state index contributed by atoms with van der Waals surface area (Å²) in [5, 5.41) is 9.96. The van der Waals surface area contributed by atoms with Crippen molar-refractivity contribution in [2.24, 2.45) is 0 Å². The molecule has 15 heavy (non-hydrogen) atoms. The summed E-state index contributed by atoms with van der Waals surface area (Å²) >= 11 is 4.75. The first kappa shape index (κ1) is 12.0. The highest BCUT2D eigenvalue weighted by atomic mass is 32.4. The molecule has 1 rings (SSSR count). The lowest BCUT2D eigenvalue weighted by Gasteiger charge is -2.17. The van der Waals surface area contributed by atoms with Gasteiger partial charge in [0.15, 0.2) is 0 Å². The summed E-state index contributed by atoms with van der Waals surface area (Å²) in [6.45, 7) is -0.182. The Hall–Kier alpha value is -1.03. The van der Waals surface area contributed by atoms with Crippen LogP contribution in [-0.2, 0) is 16.6 Å². The number of nitrogens with zero attached hydrogens (tertiary/aromatic N) is 1. The molecule has 0 saturated carbocycles. The largest absolute Gasteiger partial charge is 0.480 e. The minimum absolute atomic E-state index is 0.182. The fourth-order valence-electron chi connectivity index (χ4n) is 0.957. The maximum absolute atomic E-state index is 10.5. The van der Waals surface area contributed by atoms with Crippen LogP contribution in [0.1, 0.15) is 0 Å². The minimum Gasteiger partial charge on any atom is -0.480 e. The molecule has 0 aliphatic heterocycles. The van der Waals surface area contributed by atoms with E-state index in [1.54, 1.807) is 12.1 Å². The summed E-state index contributed by atoms with van der Waals surface area (Å²) in [5.74, 6) is -0.331. The van der Waals surface area contributed by atoms with Crippen molar-refractivity contribution in [3.63, 3.8) is 0 Å². The maximum atomic E-state index is 10.5. The highest BCUT2D eigenvalue weighted by Gasteiger charge is 2.10.